The number of benzene rings is 2. The summed E-state index contributed by atoms with van der Waals surface area (Å²) >= 11 is 6.07. The lowest BCUT2D eigenvalue weighted by atomic mass is 10.1. The smallest absolute Gasteiger partial charge is 0.333 e. The van der Waals surface area contributed by atoms with Crippen LogP contribution < -0.4 is 11.2 Å². The van der Waals surface area contributed by atoms with Gasteiger partial charge >= 0.3 is 5.69 Å². The van der Waals surface area contributed by atoms with Crippen molar-refractivity contribution < 1.29 is 0 Å². The van der Waals surface area contributed by atoms with Crippen LogP contribution in [0.5, 0.6) is 0 Å². The number of nitrogens with zero attached hydrogens (tertiary/aromatic N) is 4. The number of nitrogens with one attached hydrogen (secondary N) is 1. The number of H-pyrrole nitrogens is 1. The second-order valence-corrected chi connectivity index (χ2v) is 8.90. The molecule has 8 heteroatoms. The molecule has 0 unspecified atom stereocenters. The van der Waals surface area contributed by atoms with Crippen molar-refractivity contribution in [2.24, 2.45) is 0 Å². The number of fused-ring (bicyclic) bond motifs is 2. The molecule has 0 aliphatic rings. The van der Waals surface area contributed by atoms with Crippen molar-refractivity contribution in [2.45, 2.75) is 45.8 Å². The Kier molecular flexibility index (Phi) is 6.11. The number of imidazole rings is 1. The first kappa shape index (κ1) is 22.2. The predicted molar refractivity (Wildman–Crippen MR) is 136 cm³/mol. The van der Waals surface area contributed by atoms with E-state index < -0.39 is 5.56 Å². The summed E-state index contributed by atoms with van der Waals surface area (Å²) in [5.74, 6) is 0. The fraction of sp³-hybridized carbons (Fsp3) is 0.269. The maximum Gasteiger partial charge on any atom is 0.333 e. The van der Waals surface area contributed by atoms with E-state index in [9.17, 15) is 9.59 Å². The molecule has 3 heterocycles. The van der Waals surface area contributed by atoms with Gasteiger partial charge in [0, 0.05) is 30.2 Å². The highest BCUT2D eigenvalue weighted by molar-refractivity contribution is 6.29. The van der Waals surface area contributed by atoms with Gasteiger partial charge in [-0.05, 0) is 41.3 Å². The van der Waals surface area contributed by atoms with Gasteiger partial charge in [-0.3, -0.25) is 13.9 Å². The Bertz CT molecular complexity index is 1580. The van der Waals surface area contributed by atoms with Gasteiger partial charge in [0.2, 0.25) is 5.28 Å². The number of halogens is 1. The minimum absolute atomic E-state index is 0.105. The first-order valence-corrected chi connectivity index (χ1v) is 11.9. The Morgan fingerprint density at radius 2 is 1.76 bits per heavy atom. The van der Waals surface area contributed by atoms with E-state index in [1.54, 1.807) is 4.57 Å². The van der Waals surface area contributed by atoms with Crippen molar-refractivity contribution in [1.29, 1.82) is 0 Å². The molecular weight excluding hydrogens is 450 g/mol. The van der Waals surface area contributed by atoms with Gasteiger partial charge in [-0.2, -0.15) is 4.98 Å². The molecule has 34 heavy (non-hydrogen) atoms. The fourth-order valence-electron chi connectivity index (χ4n) is 4.51. The van der Waals surface area contributed by atoms with Gasteiger partial charge in [-0.15, -0.1) is 0 Å². The third kappa shape index (κ3) is 4.07. The Morgan fingerprint density at radius 3 is 2.56 bits per heavy atom. The van der Waals surface area contributed by atoms with Crippen molar-refractivity contribution in [3.63, 3.8) is 0 Å². The van der Waals surface area contributed by atoms with Gasteiger partial charge in [0.25, 0.3) is 5.56 Å². The summed E-state index contributed by atoms with van der Waals surface area (Å²) in [7, 11) is 0. The number of hydrogen-bond acceptors (Lipinski definition) is 3. The maximum absolute atomic E-state index is 13.4. The minimum atomic E-state index is -0.410. The summed E-state index contributed by atoms with van der Waals surface area (Å²) in [6.45, 7) is 3.51. The Hall–Kier alpha value is -3.58. The first-order valence-electron chi connectivity index (χ1n) is 11.6. The standard InChI is InChI=1S/C26H26ClN5O2/c1-2-3-7-14-31-23-22(28-25(27)29-23)24(33)32(26(31)34)17-19-11-8-12-21-20(19)13-15-30(21)16-18-9-5-4-6-10-18/h4-6,8-13,15H,2-3,7,14,16-17H2,1H3,(H,28,29). The van der Waals surface area contributed by atoms with E-state index in [-0.39, 0.29) is 23.0 Å². The van der Waals surface area contributed by atoms with Crippen LogP contribution in [0.2, 0.25) is 5.28 Å². The summed E-state index contributed by atoms with van der Waals surface area (Å²) in [5.41, 5.74) is 2.98. The molecule has 5 aromatic rings. The van der Waals surface area contributed by atoms with Crippen LogP contribution in [0, 0.1) is 0 Å². The van der Waals surface area contributed by atoms with Crippen LogP contribution in [0.15, 0.2) is 70.4 Å². The van der Waals surface area contributed by atoms with Crippen molar-refractivity contribution in [2.75, 3.05) is 0 Å². The Balaban J connectivity index is 1.57. The zero-order chi connectivity index (χ0) is 23.7. The molecule has 0 radical (unpaired) electrons. The van der Waals surface area contributed by atoms with E-state index in [1.165, 1.54) is 10.1 Å². The van der Waals surface area contributed by atoms with E-state index >= 15 is 0 Å². The lowest BCUT2D eigenvalue weighted by Crippen LogP contribution is -2.40. The molecule has 174 valence electrons. The van der Waals surface area contributed by atoms with Crippen LogP contribution in [-0.2, 0) is 19.6 Å². The quantitative estimate of drug-likeness (QED) is 0.259. The van der Waals surface area contributed by atoms with Crippen LogP contribution in [0.25, 0.3) is 22.1 Å². The molecule has 3 aromatic heterocycles. The molecule has 7 nitrogen and oxygen atoms in total. The molecule has 0 aliphatic carbocycles. The van der Waals surface area contributed by atoms with Gasteiger partial charge in [0.15, 0.2) is 11.2 Å². The van der Waals surface area contributed by atoms with E-state index in [0.717, 1.165) is 42.3 Å². The number of unbranched alkanes of at least 4 members (excludes halogenated alkanes) is 2. The zero-order valence-corrected chi connectivity index (χ0v) is 19.8. The number of aryl methyl sites for hydroxylation is 1. The highest BCUT2D eigenvalue weighted by Crippen LogP contribution is 2.22. The molecule has 0 spiro atoms. The van der Waals surface area contributed by atoms with E-state index in [2.05, 4.69) is 39.7 Å². The number of rotatable bonds is 8. The highest BCUT2D eigenvalue weighted by atomic mass is 35.5. The average Bonchev–Trinajstić information content (AvgIpc) is 3.44. The second kappa shape index (κ2) is 9.35. The highest BCUT2D eigenvalue weighted by Gasteiger charge is 2.18. The molecule has 0 aliphatic heterocycles. The van der Waals surface area contributed by atoms with Gasteiger partial charge in [0.05, 0.1) is 6.54 Å². The number of hydrogen-bond donors (Lipinski definition) is 1. The summed E-state index contributed by atoms with van der Waals surface area (Å²) in [4.78, 5) is 33.7. The van der Waals surface area contributed by atoms with E-state index in [4.69, 9.17) is 11.6 Å². The number of aromatic amines is 1. The van der Waals surface area contributed by atoms with Gasteiger partial charge in [0.1, 0.15) is 0 Å². The van der Waals surface area contributed by atoms with E-state index in [1.807, 2.05) is 42.6 Å². The molecule has 0 saturated heterocycles. The third-order valence-electron chi connectivity index (χ3n) is 6.25. The lowest BCUT2D eigenvalue weighted by molar-refractivity contribution is 0.555. The Morgan fingerprint density at radius 1 is 0.941 bits per heavy atom. The summed E-state index contributed by atoms with van der Waals surface area (Å²) < 4.78 is 5.03. The average molecular weight is 476 g/mol. The van der Waals surface area contributed by atoms with Crippen molar-refractivity contribution >= 4 is 33.7 Å². The van der Waals surface area contributed by atoms with Crippen molar-refractivity contribution in [1.82, 2.24) is 23.7 Å². The molecule has 0 bridgehead atoms. The zero-order valence-electron chi connectivity index (χ0n) is 19.0. The van der Waals surface area contributed by atoms with Crippen molar-refractivity contribution in [3.05, 3.63) is 98.0 Å². The van der Waals surface area contributed by atoms with Crippen LogP contribution >= 0.6 is 11.6 Å². The summed E-state index contributed by atoms with van der Waals surface area (Å²) in [5, 5.41) is 1.12. The Labute approximate surface area is 201 Å². The van der Waals surface area contributed by atoms with Crippen LogP contribution in [-0.4, -0.2) is 23.7 Å². The topological polar surface area (TPSA) is 77.6 Å². The maximum atomic E-state index is 13.4. The molecule has 0 atom stereocenters. The van der Waals surface area contributed by atoms with Crippen LogP contribution in [0.4, 0.5) is 0 Å². The largest absolute Gasteiger partial charge is 0.343 e. The summed E-state index contributed by atoms with van der Waals surface area (Å²) in [6, 6.07) is 18.3. The first-order chi connectivity index (χ1) is 16.6. The predicted octanol–water partition coefficient (Wildman–Crippen LogP) is 4.78. The number of aromatic nitrogens is 5. The molecule has 0 fully saturated rings. The molecular formula is C26H26ClN5O2. The van der Waals surface area contributed by atoms with Gasteiger partial charge in [-0.1, -0.05) is 62.2 Å². The molecule has 0 saturated carbocycles. The lowest BCUT2D eigenvalue weighted by Gasteiger charge is -2.12. The van der Waals surface area contributed by atoms with Gasteiger partial charge in [-0.25, -0.2) is 4.79 Å². The molecule has 2 aromatic carbocycles. The summed E-state index contributed by atoms with van der Waals surface area (Å²) in [6.07, 6.45) is 4.89. The normalized spacial score (nSPS) is 11.6. The fourth-order valence-corrected chi connectivity index (χ4v) is 4.69. The SMILES string of the molecule is CCCCCn1c(=O)n(Cc2cccc3c2ccn3Cc2ccccc2)c(=O)c2[nH]c(Cl)nc21. The van der Waals surface area contributed by atoms with Crippen LogP contribution in [0.3, 0.4) is 0 Å². The molecule has 1 N–H and O–H groups in total. The minimum Gasteiger partial charge on any atom is -0.343 e. The molecule has 5 rings (SSSR count). The monoisotopic (exact) mass is 475 g/mol. The van der Waals surface area contributed by atoms with E-state index in [0.29, 0.717) is 12.2 Å². The van der Waals surface area contributed by atoms with Gasteiger partial charge < -0.3 is 9.55 Å². The second-order valence-electron chi connectivity index (χ2n) is 8.54. The van der Waals surface area contributed by atoms with Crippen LogP contribution in [0.1, 0.15) is 37.3 Å². The van der Waals surface area contributed by atoms with Crippen molar-refractivity contribution in [3.8, 4) is 0 Å². The molecule has 0 amide bonds. The third-order valence-corrected chi connectivity index (χ3v) is 6.42.